The zero-order valence-electron chi connectivity index (χ0n) is 9.10. The number of carboxylic acids is 2. The first-order valence-corrected chi connectivity index (χ1v) is 5.77. The van der Waals surface area contributed by atoms with Crippen molar-refractivity contribution in [1.82, 2.24) is 5.32 Å². The van der Waals surface area contributed by atoms with Crippen molar-refractivity contribution < 1.29 is 24.6 Å². The summed E-state index contributed by atoms with van der Waals surface area (Å²) in [6.07, 6.45) is 0.409. The molecule has 16 heavy (non-hydrogen) atoms. The lowest BCUT2D eigenvalue weighted by molar-refractivity contribution is -0.141. The lowest BCUT2D eigenvalue weighted by Gasteiger charge is -2.15. The van der Waals surface area contributed by atoms with Crippen LogP contribution in [0, 0.1) is 0 Å². The Morgan fingerprint density at radius 1 is 1.25 bits per heavy atom. The first-order chi connectivity index (χ1) is 7.38. The van der Waals surface area contributed by atoms with E-state index < -0.39 is 29.1 Å². The maximum atomic E-state index is 10.7. The molecule has 0 aromatic heterocycles. The maximum Gasteiger partial charge on any atom is 0.327 e. The summed E-state index contributed by atoms with van der Waals surface area (Å²) >= 11 is 1.01. The Morgan fingerprint density at radius 3 is 2.12 bits per heavy atom. The summed E-state index contributed by atoms with van der Waals surface area (Å²) in [5.41, 5.74) is 0. The molecular formula is C9H15NO5S. The molecule has 0 spiro atoms. The van der Waals surface area contributed by atoms with Crippen molar-refractivity contribution in [2.24, 2.45) is 0 Å². The number of hydrogen-bond acceptors (Lipinski definition) is 4. The second-order valence-corrected chi connectivity index (χ2v) is 4.40. The fourth-order valence-electron chi connectivity index (χ4n) is 0.996. The van der Waals surface area contributed by atoms with Gasteiger partial charge in [-0.3, -0.25) is 9.59 Å². The van der Waals surface area contributed by atoms with E-state index in [4.69, 9.17) is 10.2 Å². The van der Waals surface area contributed by atoms with Gasteiger partial charge in [0.15, 0.2) is 0 Å². The van der Waals surface area contributed by atoms with E-state index in [0.29, 0.717) is 6.42 Å². The fraction of sp³-hybridized carbons (Fsp3) is 0.667. The van der Waals surface area contributed by atoms with Crippen LogP contribution >= 0.6 is 11.8 Å². The van der Waals surface area contributed by atoms with Gasteiger partial charge in [0.05, 0.1) is 0 Å². The van der Waals surface area contributed by atoms with Crippen LogP contribution in [-0.4, -0.2) is 45.1 Å². The van der Waals surface area contributed by atoms with Gasteiger partial charge in [-0.25, -0.2) is 4.79 Å². The second-order valence-electron chi connectivity index (χ2n) is 3.16. The van der Waals surface area contributed by atoms with Gasteiger partial charge in [-0.2, -0.15) is 0 Å². The van der Waals surface area contributed by atoms with Crippen molar-refractivity contribution in [1.29, 1.82) is 0 Å². The molecule has 2 atom stereocenters. The van der Waals surface area contributed by atoms with Crippen LogP contribution in [0.25, 0.3) is 0 Å². The van der Waals surface area contributed by atoms with E-state index in [1.54, 1.807) is 6.92 Å². The Morgan fingerprint density at radius 2 is 1.81 bits per heavy atom. The Balaban J connectivity index is 4.25. The molecule has 0 aliphatic rings. The molecular weight excluding hydrogens is 234 g/mol. The molecule has 0 bridgehead atoms. The maximum absolute atomic E-state index is 10.7. The number of rotatable bonds is 7. The summed E-state index contributed by atoms with van der Waals surface area (Å²) in [6.45, 7) is 2.93. The third-order valence-corrected chi connectivity index (χ3v) is 3.25. The van der Waals surface area contributed by atoms with Crippen molar-refractivity contribution in [3.05, 3.63) is 0 Å². The number of carbonyl (C=O) groups is 3. The Hall–Kier alpha value is -1.24. The van der Waals surface area contributed by atoms with Gasteiger partial charge >= 0.3 is 11.9 Å². The van der Waals surface area contributed by atoms with Crippen molar-refractivity contribution in [2.45, 2.75) is 31.6 Å². The minimum absolute atomic E-state index is 0.0414. The van der Waals surface area contributed by atoms with Crippen LogP contribution in [0.5, 0.6) is 0 Å². The van der Waals surface area contributed by atoms with E-state index in [1.807, 2.05) is 0 Å². The Labute approximate surface area is 97.4 Å². The van der Waals surface area contributed by atoms with Crippen LogP contribution < -0.4 is 5.32 Å². The minimum Gasteiger partial charge on any atom is -0.480 e. The first kappa shape index (κ1) is 14.8. The van der Waals surface area contributed by atoms with Crippen molar-refractivity contribution >= 4 is 29.6 Å². The highest BCUT2D eigenvalue weighted by atomic mass is 32.2. The zero-order chi connectivity index (χ0) is 12.7. The highest BCUT2D eigenvalue weighted by molar-refractivity contribution is 8.00. The van der Waals surface area contributed by atoms with E-state index in [1.165, 1.54) is 6.92 Å². The molecule has 6 nitrogen and oxygen atoms in total. The van der Waals surface area contributed by atoms with E-state index in [2.05, 4.69) is 5.32 Å². The first-order valence-electron chi connectivity index (χ1n) is 4.72. The van der Waals surface area contributed by atoms with Gasteiger partial charge < -0.3 is 15.5 Å². The SMILES string of the molecule is CCC(SCC(NC(C)=O)C(=O)O)C(=O)O. The van der Waals surface area contributed by atoms with Gasteiger partial charge in [-0.1, -0.05) is 6.92 Å². The van der Waals surface area contributed by atoms with Gasteiger partial charge in [-0.15, -0.1) is 11.8 Å². The smallest absolute Gasteiger partial charge is 0.327 e. The number of hydrogen-bond donors (Lipinski definition) is 3. The number of carboxylic acid groups (broad SMARTS) is 2. The van der Waals surface area contributed by atoms with Crippen LogP contribution in [-0.2, 0) is 14.4 Å². The molecule has 0 rings (SSSR count). The monoisotopic (exact) mass is 249 g/mol. The van der Waals surface area contributed by atoms with Gasteiger partial charge in [0.25, 0.3) is 0 Å². The van der Waals surface area contributed by atoms with Crippen molar-refractivity contribution in [3.63, 3.8) is 0 Å². The predicted molar refractivity (Wildman–Crippen MR) is 59.4 cm³/mol. The number of nitrogens with one attached hydrogen (secondary N) is 1. The van der Waals surface area contributed by atoms with E-state index in [9.17, 15) is 14.4 Å². The van der Waals surface area contributed by atoms with Crippen molar-refractivity contribution in [3.8, 4) is 0 Å². The summed E-state index contributed by atoms with van der Waals surface area (Å²) in [6, 6.07) is -1.05. The predicted octanol–water partition coefficient (Wildman–Crippen LogP) is 0.172. The van der Waals surface area contributed by atoms with Gasteiger partial charge in [0.1, 0.15) is 11.3 Å². The number of aliphatic carboxylic acids is 2. The molecule has 0 fully saturated rings. The molecule has 0 aliphatic heterocycles. The minimum atomic E-state index is -1.16. The summed E-state index contributed by atoms with van der Waals surface area (Å²) < 4.78 is 0. The summed E-state index contributed by atoms with van der Waals surface area (Å²) in [5.74, 6) is -2.54. The Bertz CT molecular complexity index is 281. The van der Waals surface area contributed by atoms with E-state index in [0.717, 1.165) is 11.8 Å². The van der Waals surface area contributed by atoms with Crippen molar-refractivity contribution in [2.75, 3.05) is 5.75 Å². The van der Waals surface area contributed by atoms with Gasteiger partial charge in [-0.05, 0) is 6.42 Å². The number of amides is 1. The average Bonchev–Trinajstić information content (AvgIpc) is 2.15. The third-order valence-electron chi connectivity index (χ3n) is 1.79. The van der Waals surface area contributed by atoms with Crippen LogP contribution in [0.1, 0.15) is 20.3 Å². The molecule has 2 unspecified atom stereocenters. The molecule has 0 saturated carbocycles. The molecule has 0 saturated heterocycles. The summed E-state index contributed by atoms with van der Waals surface area (Å²) in [7, 11) is 0. The molecule has 0 aliphatic carbocycles. The van der Waals surface area contributed by atoms with Gasteiger partial charge in [0.2, 0.25) is 5.91 Å². The molecule has 0 radical (unpaired) electrons. The zero-order valence-corrected chi connectivity index (χ0v) is 9.91. The number of thioether (sulfide) groups is 1. The molecule has 0 heterocycles. The number of carbonyl (C=O) groups excluding carboxylic acids is 1. The normalized spacial score (nSPS) is 13.9. The molecule has 92 valence electrons. The lowest BCUT2D eigenvalue weighted by atomic mass is 10.3. The molecule has 1 amide bonds. The quantitative estimate of drug-likeness (QED) is 0.594. The molecule has 0 aromatic carbocycles. The molecule has 3 N–H and O–H groups in total. The average molecular weight is 249 g/mol. The highest BCUT2D eigenvalue weighted by Crippen LogP contribution is 2.16. The second kappa shape index (κ2) is 7.10. The van der Waals surface area contributed by atoms with Crippen LogP contribution in [0.4, 0.5) is 0 Å². The fourth-order valence-corrected chi connectivity index (χ4v) is 2.03. The topological polar surface area (TPSA) is 104 Å². The van der Waals surface area contributed by atoms with Gasteiger partial charge in [0, 0.05) is 12.7 Å². The lowest BCUT2D eigenvalue weighted by Crippen LogP contribution is -2.42. The largest absolute Gasteiger partial charge is 0.480 e. The van der Waals surface area contributed by atoms with Crippen LogP contribution in [0.3, 0.4) is 0 Å². The molecule has 0 aromatic rings. The van der Waals surface area contributed by atoms with Crippen LogP contribution in [0.15, 0.2) is 0 Å². The highest BCUT2D eigenvalue weighted by Gasteiger charge is 2.22. The summed E-state index contributed by atoms with van der Waals surface area (Å²) in [4.78, 5) is 32.1. The standard InChI is InChI=1S/C9H15NO5S/c1-3-7(9(14)15)16-4-6(8(12)13)10-5(2)11/h6-7H,3-4H2,1-2H3,(H,10,11)(H,12,13)(H,14,15). The van der Waals surface area contributed by atoms with E-state index in [-0.39, 0.29) is 5.75 Å². The Kier molecular flexibility index (Phi) is 6.55. The third kappa shape index (κ3) is 5.59. The van der Waals surface area contributed by atoms with E-state index >= 15 is 0 Å². The van der Waals surface area contributed by atoms with Crippen LogP contribution in [0.2, 0.25) is 0 Å². The summed E-state index contributed by atoms with van der Waals surface area (Å²) in [5, 5.41) is 19.1. The molecule has 7 heteroatoms.